The highest BCUT2D eigenvalue weighted by atomic mass is 32.3. The Labute approximate surface area is 384 Å². The number of nitrogens with two attached hydrogens (primary N) is 4. The van der Waals surface area contributed by atoms with E-state index < -0.39 is 20.2 Å². The van der Waals surface area contributed by atoms with Gasteiger partial charge in [-0.2, -0.15) is 53.2 Å². The fourth-order valence-electron chi connectivity index (χ4n) is 5.53. The maximum Gasteiger partial charge on any atom is 0.304 e. The molecule has 5 aromatic heterocycles. The molecule has 7 rings (SSSR count). The lowest BCUT2D eigenvalue weighted by molar-refractivity contribution is 0.483. The number of nitrogen functional groups attached to an aromatic ring is 4. The molecule has 0 amide bonds. The molecule has 19 nitrogen and oxygen atoms in total. The molecule has 0 radical (unpaired) electrons. The van der Waals surface area contributed by atoms with Crippen LogP contribution < -0.4 is 43.4 Å². The Hall–Kier alpha value is -4.45. The molecule has 0 fully saturated rings. The number of thiol groups is 1. The van der Waals surface area contributed by atoms with Gasteiger partial charge in [-0.05, 0) is 105 Å². The van der Waals surface area contributed by atoms with Crippen LogP contribution in [0.15, 0.2) is 62.1 Å². The second-order valence-electron chi connectivity index (χ2n) is 12.6. The largest absolute Gasteiger partial charge is 0.397 e. The number of fused-ring (bicyclic) bond motifs is 2. The molecule has 0 saturated heterocycles. The summed E-state index contributed by atoms with van der Waals surface area (Å²) in [4.78, 5) is 19.4. The number of thiophene rings is 2. The minimum absolute atomic E-state index is 0.121. The van der Waals surface area contributed by atoms with Gasteiger partial charge in [0.05, 0.1) is 22.7 Å². The van der Waals surface area contributed by atoms with E-state index in [1.807, 2.05) is 36.4 Å². The van der Waals surface area contributed by atoms with Crippen molar-refractivity contribution in [2.24, 2.45) is 0 Å². The average Bonchev–Trinajstić information content (AvgIpc) is 4.02. The molecule has 27 heteroatoms. The lowest BCUT2D eigenvalue weighted by Gasteiger charge is -2.22. The van der Waals surface area contributed by atoms with Gasteiger partial charge in [0.1, 0.15) is 28.1 Å². The Bertz CT molecular complexity index is 2660. The smallest absolute Gasteiger partial charge is 0.304 e. The van der Waals surface area contributed by atoms with Crippen LogP contribution in [-0.4, -0.2) is 87.3 Å². The lowest BCUT2D eigenvalue weighted by Crippen LogP contribution is -2.22. The molecule has 0 spiro atoms. The molecule has 0 saturated carbocycles. The zero-order chi connectivity index (χ0) is 45.4. The van der Waals surface area contributed by atoms with Crippen LogP contribution in [0.1, 0.15) is 27.7 Å². The minimum atomic E-state index is -4.12. The highest BCUT2D eigenvalue weighted by molar-refractivity contribution is 7.99. The number of hydrogen-bond donors (Lipinski definition) is 9. The van der Waals surface area contributed by atoms with E-state index in [0.717, 1.165) is 100 Å². The predicted octanol–water partition coefficient (Wildman–Crippen LogP) is 7.61. The van der Waals surface area contributed by atoms with Gasteiger partial charge < -0.3 is 43.4 Å². The molecule has 0 aliphatic heterocycles. The fraction of sp³-hybridized carbons (Fsp3) is 0.286. The normalized spacial score (nSPS) is 11.5. The van der Waals surface area contributed by atoms with Crippen molar-refractivity contribution in [3.05, 3.63) is 48.5 Å². The van der Waals surface area contributed by atoms with E-state index in [1.54, 1.807) is 0 Å². The topological polar surface area (TPSA) is 308 Å². The molecule has 0 unspecified atom stereocenters. The summed E-state index contributed by atoms with van der Waals surface area (Å²) < 4.78 is 67.9. The Kier molecular flexibility index (Phi) is 16.7. The third kappa shape index (κ3) is 12.4. The van der Waals surface area contributed by atoms with Gasteiger partial charge in [0.2, 0.25) is 11.9 Å². The molecular formula is C35H45N13O6S8. The standard InChI is InChI=1S/C25H37N9S2.2C5H4N2O3S3/c1-5-33(6-2)17-9-11-19(26)21(15-17)28-23-30-24(32-25(31-23)36-14-13-35)29-22-16-18(10-12-20(22)27)34(7-3)8-4;2*6-4-2-1-3(13(8,9)10)11-5(2)7-12-4/h9-12,15-16,35H,5-8,13-14,26-27H2,1-4H3,(H2,28,29,30,31,32);2*1H,6H2,(H,8,9,10). The number of hydrogen-bond acceptors (Lipinski definition) is 23. The summed E-state index contributed by atoms with van der Waals surface area (Å²) >= 11 is 9.86. The van der Waals surface area contributed by atoms with Crippen molar-refractivity contribution in [3.8, 4) is 0 Å². The second kappa shape index (κ2) is 21.3. The van der Waals surface area contributed by atoms with E-state index in [0.29, 0.717) is 64.6 Å². The summed E-state index contributed by atoms with van der Waals surface area (Å²) in [5.74, 6) is 2.28. The number of thioether (sulfide) groups is 1. The molecular weight excluding hydrogens is 955 g/mol. The number of anilines is 10. The molecule has 334 valence electrons. The first kappa shape index (κ1) is 48.6. The number of aromatic nitrogens is 5. The highest BCUT2D eigenvalue weighted by Gasteiger charge is 2.18. The van der Waals surface area contributed by atoms with Gasteiger partial charge in [0, 0.05) is 54.1 Å². The van der Waals surface area contributed by atoms with Crippen LogP contribution in [0, 0.1) is 0 Å². The minimum Gasteiger partial charge on any atom is -0.397 e. The molecule has 0 bridgehead atoms. The van der Waals surface area contributed by atoms with Gasteiger partial charge in [-0.3, -0.25) is 9.11 Å². The molecule has 12 N–H and O–H groups in total. The van der Waals surface area contributed by atoms with Gasteiger partial charge in [-0.25, -0.2) is 0 Å². The number of nitrogens with one attached hydrogen (secondary N) is 2. The van der Waals surface area contributed by atoms with Crippen LogP contribution >= 0.6 is 70.1 Å². The second-order valence-corrected chi connectivity index (χ2v) is 21.1. The SMILES string of the molecule is CCN(CC)c1ccc(N)c(Nc2nc(Nc3cc(N(CC)CC)ccc3N)nc(SCCS)n2)c1.Nc1snc2sc(S(=O)(=O)O)cc12.Nc1snc2sc(S(=O)(=O)O)cc12. The van der Waals surface area contributed by atoms with E-state index in [1.165, 1.54) is 23.9 Å². The van der Waals surface area contributed by atoms with E-state index in [4.69, 9.17) is 32.0 Å². The van der Waals surface area contributed by atoms with Crippen molar-refractivity contribution >= 4 is 167 Å². The first-order valence-electron chi connectivity index (χ1n) is 18.5. The van der Waals surface area contributed by atoms with Crippen molar-refractivity contribution in [2.75, 3.05) is 81.1 Å². The third-order valence-corrected chi connectivity index (χ3v) is 16.3. The molecule has 62 heavy (non-hydrogen) atoms. The van der Waals surface area contributed by atoms with Crippen molar-refractivity contribution < 1.29 is 25.9 Å². The summed E-state index contributed by atoms with van der Waals surface area (Å²) in [5.41, 5.74) is 28.5. The van der Waals surface area contributed by atoms with E-state index in [-0.39, 0.29) is 8.42 Å². The Morgan fingerprint density at radius 2 is 1.06 bits per heavy atom. The lowest BCUT2D eigenvalue weighted by atomic mass is 10.2. The quantitative estimate of drug-likeness (QED) is 0.0206. The maximum atomic E-state index is 10.7. The van der Waals surface area contributed by atoms with Crippen molar-refractivity contribution in [1.29, 1.82) is 0 Å². The van der Waals surface area contributed by atoms with Crippen LogP contribution in [0.4, 0.5) is 56.0 Å². The van der Waals surface area contributed by atoms with Gasteiger partial charge >= 0.3 is 20.2 Å². The summed E-state index contributed by atoms with van der Waals surface area (Å²) in [5, 5.41) is 9.27. The first-order chi connectivity index (χ1) is 29.4. The van der Waals surface area contributed by atoms with Gasteiger partial charge in [0.25, 0.3) is 0 Å². The number of rotatable bonds is 15. The van der Waals surface area contributed by atoms with Gasteiger partial charge in [-0.15, -0.1) is 22.7 Å². The maximum absolute atomic E-state index is 10.7. The molecule has 0 atom stereocenters. The molecule has 0 aliphatic carbocycles. The first-order valence-corrected chi connectivity index (χ1v) is 26.1. The van der Waals surface area contributed by atoms with Gasteiger partial charge in [-0.1, -0.05) is 11.8 Å². The highest BCUT2D eigenvalue weighted by Crippen LogP contribution is 2.36. The molecule has 2 aromatic carbocycles. The van der Waals surface area contributed by atoms with E-state index in [9.17, 15) is 16.8 Å². The summed E-state index contributed by atoms with van der Waals surface area (Å²) in [6.45, 7) is 12.1. The number of benzene rings is 2. The van der Waals surface area contributed by atoms with E-state index >= 15 is 0 Å². The zero-order valence-electron chi connectivity index (χ0n) is 33.6. The third-order valence-electron chi connectivity index (χ3n) is 8.63. The van der Waals surface area contributed by atoms with E-state index in [2.05, 4.69) is 84.5 Å². The van der Waals surface area contributed by atoms with Crippen LogP contribution in [-0.2, 0) is 20.2 Å². The van der Waals surface area contributed by atoms with Crippen molar-refractivity contribution in [3.63, 3.8) is 0 Å². The predicted molar refractivity (Wildman–Crippen MR) is 263 cm³/mol. The van der Waals surface area contributed by atoms with Gasteiger partial charge in [0.15, 0.2) is 5.16 Å². The number of nitrogens with zero attached hydrogens (tertiary/aromatic N) is 7. The summed E-state index contributed by atoms with van der Waals surface area (Å²) in [7, 11) is -8.25. The molecule has 5 heterocycles. The van der Waals surface area contributed by atoms with Crippen LogP contribution in [0.2, 0.25) is 0 Å². The fourth-order valence-corrected chi connectivity index (χ4v) is 11.2. The van der Waals surface area contributed by atoms with Crippen LogP contribution in [0.3, 0.4) is 0 Å². The molecule has 7 aromatic rings. The zero-order valence-corrected chi connectivity index (χ0v) is 40.2. The van der Waals surface area contributed by atoms with Crippen molar-refractivity contribution in [1.82, 2.24) is 23.7 Å². The average molecular weight is 1000 g/mol. The summed E-state index contributed by atoms with van der Waals surface area (Å²) in [6.07, 6.45) is 0. The monoisotopic (exact) mass is 999 g/mol. The molecule has 0 aliphatic rings. The van der Waals surface area contributed by atoms with Crippen molar-refractivity contribution in [2.45, 2.75) is 41.3 Å². The Morgan fingerprint density at radius 1 is 0.661 bits per heavy atom. The van der Waals surface area contributed by atoms with Crippen LogP contribution in [0.25, 0.3) is 20.4 Å². The Balaban J connectivity index is 0.000000224. The van der Waals surface area contributed by atoms with Crippen LogP contribution in [0.5, 0.6) is 0 Å². The Morgan fingerprint density at radius 3 is 1.40 bits per heavy atom. The summed E-state index contributed by atoms with van der Waals surface area (Å²) in [6, 6.07) is 14.5.